The highest BCUT2D eigenvalue weighted by Crippen LogP contribution is 2.39. The number of piperidine rings is 1. The number of benzene rings is 1. The van der Waals surface area contributed by atoms with Crippen LogP contribution in [0.15, 0.2) is 35.5 Å². The summed E-state index contributed by atoms with van der Waals surface area (Å²) in [4.78, 5) is 36.2. The van der Waals surface area contributed by atoms with E-state index in [2.05, 4.69) is 32.1 Å². The lowest BCUT2D eigenvalue weighted by Crippen LogP contribution is -2.38. The second-order valence-corrected chi connectivity index (χ2v) is 11.6. The smallest absolute Gasteiger partial charge is 0.444 e. The van der Waals surface area contributed by atoms with Crippen LogP contribution in [-0.4, -0.2) is 71.4 Å². The minimum absolute atomic E-state index is 0.0128. The second-order valence-electron chi connectivity index (χ2n) is 11.6. The fraction of sp³-hybridized carbons (Fsp3) is 0.517. The minimum atomic E-state index is -4.95. The van der Waals surface area contributed by atoms with Gasteiger partial charge < -0.3 is 24.8 Å². The van der Waals surface area contributed by atoms with Gasteiger partial charge in [-0.1, -0.05) is 0 Å². The molecule has 0 radical (unpaired) electrons. The number of nitrogens with zero attached hydrogens (tertiary/aromatic N) is 3. The van der Waals surface area contributed by atoms with Crippen molar-refractivity contribution in [3.8, 4) is 5.75 Å². The SMILES string of the molecule is C=Nc1c(C2CCN(C(=O)c3ccc(OC(F)(F)F)cc3NC(=O)OC(C)(C)C)CC2)ccnc1NCC1CC(O)C1. The Bertz CT molecular complexity index is 1300. The zero-order valence-corrected chi connectivity index (χ0v) is 23.8. The monoisotopic (exact) mass is 591 g/mol. The summed E-state index contributed by atoms with van der Waals surface area (Å²) >= 11 is 0. The number of halogens is 3. The number of pyridine rings is 1. The molecular weight excluding hydrogens is 555 g/mol. The third-order valence-corrected chi connectivity index (χ3v) is 7.20. The van der Waals surface area contributed by atoms with Gasteiger partial charge in [0.25, 0.3) is 5.91 Å². The molecule has 1 aromatic heterocycles. The Labute approximate surface area is 242 Å². The van der Waals surface area contributed by atoms with Gasteiger partial charge in [0.15, 0.2) is 5.82 Å². The lowest BCUT2D eigenvalue weighted by atomic mass is 9.82. The Morgan fingerprint density at radius 2 is 1.86 bits per heavy atom. The minimum Gasteiger partial charge on any atom is -0.444 e. The molecule has 4 rings (SSSR count). The molecule has 2 aliphatic rings. The number of hydrogen-bond acceptors (Lipinski definition) is 8. The number of ether oxygens (including phenoxy) is 2. The molecule has 1 aliphatic heterocycles. The zero-order valence-electron chi connectivity index (χ0n) is 23.8. The molecule has 2 aromatic rings. The number of aromatic nitrogens is 1. The van der Waals surface area contributed by atoms with E-state index < -0.39 is 29.7 Å². The van der Waals surface area contributed by atoms with Crippen molar-refractivity contribution in [1.82, 2.24) is 9.88 Å². The summed E-state index contributed by atoms with van der Waals surface area (Å²) in [5, 5.41) is 15.3. The Balaban J connectivity index is 1.47. The van der Waals surface area contributed by atoms with Crippen molar-refractivity contribution in [3.63, 3.8) is 0 Å². The quantitative estimate of drug-likeness (QED) is 0.328. The van der Waals surface area contributed by atoms with Crippen LogP contribution >= 0.6 is 0 Å². The molecule has 2 amide bonds. The molecule has 1 saturated heterocycles. The number of aliphatic hydroxyl groups excluding tert-OH is 1. The second kappa shape index (κ2) is 12.6. The van der Waals surface area contributed by atoms with Crippen LogP contribution < -0.4 is 15.4 Å². The van der Waals surface area contributed by atoms with E-state index in [0.29, 0.717) is 49.9 Å². The molecule has 1 aromatic carbocycles. The van der Waals surface area contributed by atoms with Gasteiger partial charge in [0, 0.05) is 31.9 Å². The summed E-state index contributed by atoms with van der Waals surface area (Å²) in [5.74, 6) is 0.0527. The average molecular weight is 592 g/mol. The van der Waals surface area contributed by atoms with Crippen LogP contribution in [0.5, 0.6) is 5.75 Å². The van der Waals surface area contributed by atoms with Crippen LogP contribution in [0.4, 0.5) is 35.2 Å². The highest BCUT2D eigenvalue weighted by Gasteiger charge is 2.33. The molecular formula is C29H36F3N5O5. The number of aliphatic imine (C=N–C) groups is 1. The van der Waals surface area contributed by atoms with E-state index in [-0.39, 0.29) is 23.3 Å². The first-order valence-electron chi connectivity index (χ1n) is 13.8. The van der Waals surface area contributed by atoms with Gasteiger partial charge in [-0.2, -0.15) is 0 Å². The summed E-state index contributed by atoms with van der Waals surface area (Å²) in [6.45, 7) is 10.1. The Hall–Kier alpha value is -3.87. The summed E-state index contributed by atoms with van der Waals surface area (Å²) in [5.41, 5.74) is 0.617. The predicted octanol–water partition coefficient (Wildman–Crippen LogP) is 5.86. The van der Waals surface area contributed by atoms with Crippen molar-refractivity contribution in [2.75, 3.05) is 30.3 Å². The lowest BCUT2D eigenvalue weighted by molar-refractivity contribution is -0.274. The Morgan fingerprint density at radius 1 is 1.17 bits per heavy atom. The van der Waals surface area contributed by atoms with Gasteiger partial charge in [-0.05, 0) is 88.8 Å². The maximum atomic E-state index is 13.5. The van der Waals surface area contributed by atoms with Crippen molar-refractivity contribution >= 4 is 35.9 Å². The van der Waals surface area contributed by atoms with Crippen molar-refractivity contribution in [1.29, 1.82) is 0 Å². The van der Waals surface area contributed by atoms with Gasteiger partial charge in [-0.3, -0.25) is 15.1 Å². The molecule has 13 heteroatoms. The number of aliphatic hydroxyl groups is 1. The third-order valence-electron chi connectivity index (χ3n) is 7.20. The molecule has 0 bridgehead atoms. The van der Waals surface area contributed by atoms with Crippen LogP contribution in [-0.2, 0) is 4.74 Å². The number of nitrogens with one attached hydrogen (secondary N) is 2. The molecule has 0 unspecified atom stereocenters. The fourth-order valence-electron chi connectivity index (χ4n) is 5.19. The van der Waals surface area contributed by atoms with Crippen molar-refractivity contribution in [3.05, 3.63) is 41.6 Å². The highest BCUT2D eigenvalue weighted by atomic mass is 19.4. The van der Waals surface area contributed by atoms with Crippen LogP contribution in [0.2, 0.25) is 0 Å². The summed E-state index contributed by atoms with van der Waals surface area (Å²) < 4.78 is 47.7. The zero-order chi connectivity index (χ0) is 30.7. The van der Waals surface area contributed by atoms with E-state index >= 15 is 0 Å². The van der Waals surface area contributed by atoms with Crippen molar-refractivity contribution in [2.45, 2.75) is 70.4 Å². The number of alkyl halides is 3. The predicted molar refractivity (Wildman–Crippen MR) is 152 cm³/mol. The van der Waals surface area contributed by atoms with Gasteiger partial charge in [-0.25, -0.2) is 9.78 Å². The number of carbonyl (C=O) groups excluding carboxylic acids is 2. The molecule has 2 fully saturated rings. The number of amides is 2. The first-order chi connectivity index (χ1) is 19.7. The van der Waals surface area contributed by atoms with E-state index in [1.165, 1.54) is 6.07 Å². The molecule has 1 aliphatic carbocycles. The van der Waals surface area contributed by atoms with Gasteiger partial charge in [0.05, 0.1) is 17.4 Å². The molecule has 42 heavy (non-hydrogen) atoms. The summed E-state index contributed by atoms with van der Waals surface area (Å²) in [6, 6.07) is 5.08. The number of likely N-dealkylation sites (tertiary alicyclic amines) is 1. The molecule has 1 saturated carbocycles. The molecule has 2 heterocycles. The van der Waals surface area contributed by atoms with Gasteiger partial charge in [0.2, 0.25) is 0 Å². The van der Waals surface area contributed by atoms with E-state index in [0.717, 1.165) is 30.5 Å². The maximum Gasteiger partial charge on any atom is 0.573 e. The maximum absolute atomic E-state index is 13.5. The standard InChI is InChI=1S/C29H36F3N5O5/c1-28(2,3)42-27(40)36-23-15-20(41-29(30,31)32)5-6-22(23)26(39)37-11-8-18(9-12-37)21-7-10-34-25(24(21)33-4)35-16-17-13-19(38)14-17/h5-7,10,15,17-19,38H,4,8-9,11-14,16H2,1-3H3,(H,34,35)(H,36,40). The fourth-order valence-corrected chi connectivity index (χ4v) is 5.19. The first-order valence-corrected chi connectivity index (χ1v) is 13.8. The first kappa shape index (κ1) is 31.1. The summed E-state index contributed by atoms with van der Waals surface area (Å²) in [7, 11) is 0. The molecule has 0 atom stereocenters. The summed E-state index contributed by atoms with van der Waals surface area (Å²) in [6.07, 6.45) is -1.67. The Morgan fingerprint density at radius 3 is 2.45 bits per heavy atom. The Kier molecular flexibility index (Phi) is 9.29. The van der Waals surface area contributed by atoms with E-state index in [1.54, 1.807) is 31.9 Å². The third kappa shape index (κ3) is 8.11. The van der Waals surface area contributed by atoms with Gasteiger partial charge in [-0.15, -0.1) is 13.2 Å². The largest absolute Gasteiger partial charge is 0.573 e. The molecule has 10 nitrogen and oxygen atoms in total. The van der Waals surface area contributed by atoms with E-state index in [9.17, 15) is 27.9 Å². The van der Waals surface area contributed by atoms with Crippen LogP contribution in [0.1, 0.15) is 68.3 Å². The van der Waals surface area contributed by atoms with Crippen molar-refractivity contribution < 1.29 is 37.3 Å². The average Bonchev–Trinajstić information content (AvgIpc) is 2.88. The normalized spacial score (nSPS) is 19.5. The van der Waals surface area contributed by atoms with Gasteiger partial charge >= 0.3 is 12.5 Å². The molecule has 3 N–H and O–H groups in total. The number of hydrogen-bond donors (Lipinski definition) is 3. The number of rotatable bonds is 8. The number of carbonyl (C=O) groups is 2. The lowest BCUT2D eigenvalue weighted by Gasteiger charge is -2.34. The van der Waals surface area contributed by atoms with Crippen LogP contribution in [0.3, 0.4) is 0 Å². The molecule has 228 valence electrons. The molecule has 0 spiro atoms. The highest BCUT2D eigenvalue weighted by molar-refractivity contribution is 6.03. The van der Waals surface area contributed by atoms with E-state index in [4.69, 9.17) is 4.74 Å². The van der Waals surface area contributed by atoms with E-state index in [1.807, 2.05) is 6.07 Å². The topological polar surface area (TPSA) is 125 Å². The number of anilines is 2. The van der Waals surface area contributed by atoms with Crippen LogP contribution in [0.25, 0.3) is 0 Å². The van der Waals surface area contributed by atoms with Crippen LogP contribution in [0, 0.1) is 5.92 Å². The van der Waals surface area contributed by atoms with Gasteiger partial charge in [0.1, 0.15) is 17.0 Å². The van der Waals surface area contributed by atoms with Crippen molar-refractivity contribution in [2.24, 2.45) is 10.9 Å².